The Hall–Kier alpha value is -1.51. The predicted octanol–water partition coefficient (Wildman–Crippen LogP) is 1.91. The molecule has 1 N–H and O–H groups in total. The lowest BCUT2D eigenvalue weighted by atomic mass is 10.3. The largest absolute Gasteiger partial charge is 0.344 e. The molecule has 0 bridgehead atoms. The second-order valence-corrected chi connectivity index (χ2v) is 3.45. The Morgan fingerprint density at radius 2 is 2.23 bits per heavy atom. The van der Waals surface area contributed by atoms with Crippen LogP contribution in [0.15, 0.2) is 29.3 Å². The van der Waals surface area contributed by atoms with Crippen molar-refractivity contribution < 1.29 is 0 Å². The predicted molar refractivity (Wildman–Crippen MR) is 52.9 cm³/mol. The zero-order valence-corrected chi connectivity index (χ0v) is 7.74. The molecular weight excluding hydrogens is 164 g/mol. The monoisotopic (exact) mass is 176 g/mol. The normalized spacial score (nSPS) is 11.3. The van der Waals surface area contributed by atoms with E-state index < -0.39 is 0 Å². The molecule has 3 nitrogen and oxygen atoms in total. The standard InChI is InChI=1S/C10H12N2O/c1-7(2)12-4-3-8-5-10(13)11-6-9(8)12/h3-7H,1-2H3,(H,11,13). The van der Waals surface area contributed by atoms with E-state index in [0.717, 1.165) is 10.9 Å². The van der Waals surface area contributed by atoms with Crippen LogP contribution in [0.3, 0.4) is 0 Å². The third kappa shape index (κ3) is 1.26. The van der Waals surface area contributed by atoms with E-state index in [0.29, 0.717) is 6.04 Å². The van der Waals surface area contributed by atoms with Crippen molar-refractivity contribution >= 4 is 10.9 Å². The first-order valence-electron chi connectivity index (χ1n) is 4.38. The molecule has 2 aromatic heterocycles. The molecule has 0 aliphatic heterocycles. The molecule has 0 fully saturated rings. The molecule has 0 saturated heterocycles. The van der Waals surface area contributed by atoms with Gasteiger partial charge < -0.3 is 9.55 Å². The molecule has 0 aromatic carbocycles. The van der Waals surface area contributed by atoms with Crippen LogP contribution in [0.4, 0.5) is 0 Å². The Morgan fingerprint density at radius 1 is 1.46 bits per heavy atom. The maximum absolute atomic E-state index is 11.0. The number of hydrogen-bond donors (Lipinski definition) is 1. The number of hydrogen-bond acceptors (Lipinski definition) is 1. The van der Waals surface area contributed by atoms with Crippen LogP contribution in [0.1, 0.15) is 19.9 Å². The highest BCUT2D eigenvalue weighted by Gasteiger charge is 2.03. The van der Waals surface area contributed by atoms with Crippen LogP contribution in [-0.4, -0.2) is 9.55 Å². The van der Waals surface area contributed by atoms with E-state index in [-0.39, 0.29) is 5.56 Å². The highest BCUT2D eigenvalue weighted by Crippen LogP contribution is 2.16. The van der Waals surface area contributed by atoms with Crippen molar-refractivity contribution in [1.29, 1.82) is 0 Å². The molecule has 2 heterocycles. The molecule has 0 saturated carbocycles. The van der Waals surface area contributed by atoms with E-state index in [1.54, 1.807) is 12.3 Å². The summed E-state index contributed by atoms with van der Waals surface area (Å²) in [5, 5.41) is 0.998. The molecular formula is C10H12N2O. The summed E-state index contributed by atoms with van der Waals surface area (Å²) in [6.45, 7) is 4.23. The second-order valence-electron chi connectivity index (χ2n) is 3.45. The molecule has 2 rings (SSSR count). The Kier molecular flexibility index (Phi) is 1.72. The molecule has 0 unspecified atom stereocenters. The summed E-state index contributed by atoms with van der Waals surface area (Å²) < 4.78 is 2.13. The minimum Gasteiger partial charge on any atom is -0.344 e. The first kappa shape index (κ1) is 8.10. The number of aromatic nitrogens is 2. The third-order valence-electron chi connectivity index (χ3n) is 2.18. The van der Waals surface area contributed by atoms with E-state index in [4.69, 9.17) is 0 Å². The van der Waals surface area contributed by atoms with E-state index in [1.165, 1.54) is 0 Å². The van der Waals surface area contributed by atoms with Gasteiger partial charge in [-0.3, -0.25) is 4.79 Å². The van der Waals surface area contributed by atoms with Gasteiger partial charge in [0.2, 0.25) is 5.56 Å². The maximum atomic E-state index is 11.0. The van der Waals surface area contributed by atoms with Gasteiger partial charge in [-0.1, -0.05) is 0 Å². The summed E-state index contributed by atoms with van der Waals surface area (Å²) in [6.07, 6.45) is 3.76. The number of nitrogens with zero attached hydrogens (tertiary/aromatic N) is 1. The van der Waals surface area contributed by atoms with Crippen molar-refractivity contribution in [2.75, 3.05) is 0 Å². The number of nitrogens with one attached hydrogen (secondary N) is 1. The van der Waals surface area contributed by atoms with Crippen LogP contribution in [0.25, 0.3) is 10.9 Å². The van der Waals surface area contributed by atoms with Crippen LogP contribution in [0.5, 0.6) is 0 Å². The van der Waals surface area contributed by atoms with Gasteiger partial charge in [0, 0.05) is 29.9 Å². The van der Waals surface area contributed by atoms with Gasteiger partial charge in [0.1, 0.15) is 0 Å². The molecule has 13 heavy (non-hydrogen) atoms. The number of pyridine rings is 1. The van der Waals surface area contributed by atoms with Crippen LogP contribution in [0, 0.1) is 0 Å². The molecule has 0 spiro atoms. The first-order chi connectivity index (χ1) is 6.18. The van der Waals surface area contributed by atoms with Crippen LogP contribution < -0.4 is 5.56 Å². The highest BCUT2D eigenvalue weighted by molar-refractivity contribution is 5.78. The third-order valence-corrected chi connectivity index (χ3v) is 2.18. The molecule has 2 aromatic rings. The summed E-state index contributed by atoms with van der Waals surface area (Å²) >= 11 is 0. The zero-order chi connectivity index (χ0) is 9.42. The van der Waals surface area contributed by atoms with E-state index >= 15 is 0 Å². The van der Waals surface area contributed by atoms with Crippen LogP contribution in [-0.2, 0) is 0 Å². The fourth-order valence-corrected chi connectivity index (χ4v) is 1.53. The number of rotatable bonds is 1. The van der Waals surface area contributed by atoms with Gasteiger partial charge in [-0.25, -0.2) is 0 Å². The van der Waals surface area contributed by atoms with E-state index in [9.17, 15) is 4.79 Å². The topological polar surface area (TPSA) is 37.8 Å². The van der Waals surface area contributed by atoms with Crippen molar-refractivity contribution in [2.24, 2.45) is 0 Å². The molecule has 68 valence electrons. The molecule has 0 radical (unpaired) electrons. The summed E-state index contributed by atoms with van der Waals surface area (Å²) in [5.74, 6) is 0. The molecule has 0 aliphatic carbocycles. The number of fused-ring (bicyclic) bond motifs is 1. The molecule has 0 aliphatic rings. The van der Waals surface area contributed by atoms with Crippen molar-refractivity contribution in [2.45, 2.75) is 19.9 Å². The fraction of sp³-hybridized carbons (Fsp3) is 0.300. The van der Waals surface area contributed by atoms with Crippen LogP contribution >= 0.6 is 0 Å². The number of H-pyrrole nitrogens is 1. The van der Waals surface area contributed by atoms with Gasteiger partial charge in [0.15, 0.2) is 0 Å². The lowest BCUT2D eigenvalue weighted by Gasteiger charge is -2.08. The van der Waals surface area contributed by atoms with E-state index in [1.807, 2.05) is 12.3 Å². The van der Waals surface area contributed by atoms with E-state index in [2.05, 4.69) is 23.4 Å². The Bertz CT molecular complexity index is 479. The lowest BCUT2D eigenvalue weighted by Crippen LogP contribution is -2.04. The molecule has 0 amide bonds. The van der Waals surface area contributed by atoms with Crippen molar-refractivity contribution in [3.63, 3.8) is 0 Å². The van der Waals surface area contributed by atoms with Crippen molar-refractivity contribution in [3.8, 4) is 0 Å². The van der Waals surface area contributed by atoms with Gasteiger partial charge in [0.25, 0.3) is 0 Å². The Labute approximate surface area is 76.0 Å². The van der Waals surface area contributed by atoms with Gasteiger partial charge in [0.05, 0.1) is 5.52 Å². The fourth-order valence-electron chi connectivity index (χ4n) is 1.53. The minimum absolute atomic E-state index is 0.0472. The first-order valence-corrected chi connectivity index (χ1v) is 4.38. The van der Waals surface area contributed by atoms with Gasteiger partial charge in [-0.15, -0.1) is 0 Å². The lowest BCUT2D eigenvalue weighted by molar-refractivity contribution is 0.622. The van der Waals surface area contributed by atoms with Crippen molar-refractivity contribution in [3.05, 3.63) is 34.9 Å². The highest BCUT2D eigenvalue weighted by atomic mass is 16.1. The van der Waals surface area contributed by atoms with Gasteiger partial charge in [-0.05, 0) is 19.9 Å². The van der Waals surface area contributed by atoms with Gasteiger partial charge >= 0.3 is 0 Å². The minimum atomic E-state index is -0.0472. The quantitative estimate of drug-likeness (QED) is 0.708. The smallest absolute Gasteiger partial charge is 0.248 e. The zero-order valence-electron chi connectivity index (χ0n) is 7.74. The summed E-state index contributed by atoms with van der Waals surface area (Å²) in [5.41, 5.74) is 1.03. The van der Waals surface area contributed by atoms with Crippen molar-refractivity contribution in [1.82, 2.24) is 9.55 Å². The molecule has 0 atom stereocenters. The SMILES string of the molecule is CC(C)n1ccc2cc(=O)[nH]cc21. The Morgan fingerprint density at radius 3 is 2.92 bits per heavy atom. The number of aromatic amines is 1. The average molecular weight is 176 g/mol. The van der Waals surface area contributed by atoms with Gasteiger partial charge in [-0.2, -0.15) is 0 Å². The second kappa shape index (κ2) is 2.76. The summed E-state index contributed by atoms with van der Waals surface area (Å²) in [4.78, 5) is 13.7. The van der Waals surface area contributed by atoms with Crippen LogP contribution in [0.2, 0.25) is 0 Å². The molecule has 3 heteroatoms. The maximum Gasteiger partial charge on any atom is 0.248 e. The summed E-state index contributed by atoms with van der Waals surface area (Å²) in [7, 11) is 0. The summed E-state index contributed by atoms with van der Waals surface area (Å²) in [6, 6.07) is 4.00. The average Bonchev–Trinajstić information content (AvgIpc) is 2.46. The Balaban J connectivity index is 2.76.